The first-order valence-electron chi connectivity index (χ1n) is 5.07. The van der Waals surface area contributed by atoms with Crippen molar-refractivity contribution < 1.29 is 4.80 Å². The highest BCUT2D eigenvalue weighted by atomic mass is 32.2. The predicted octanol–water partition coefficient (Wildman–Crippen LogP) is 2.95. The van der Waals surface area contributed by atoms with E-state index in [1.54, 1.807) is 11.8 Å². The summed E-state index contributed by atoms with van der Waals surface area (Å²) >= 11 is 1.75. The molecule has 0 heterocycles. The average Bonchev–Trinajstić information content (AvgIpc) is 2.33. The van der Waals surface area contributed by atoms with E-state index in [0.717, 1.165) is 6.04 Å². The summed E-state index contributed by atoms with van der Waals surface area (Å²) in [5, 5.41) is 0. The van der Waals surface area contributed by atoms with Crippen LogP contribution in [0.25, 0.3) is 0 Å². The molecule has 2 rings (SSSR count). The fourth-order valence-electron chi connectivity index (χ4n) is 1.39. The molecule has 16 heavy (non-hydrogen) atoms. The molecule has 0 aliphatic heterocycles. The maximum absolute atomic E-state index is 8.85. The van der Waals surface area contributed by atoms with Crippen molar-refractivity contribution in [2.24, 2.45) is 0 Å². The molecule has 0 bridgehead atoms. The molecule has 3 heteroatoms. The van der Waals surface area contributed by atoms with Crippen LogP contribution in [0.1, 0.15) is 5.56 Å². The van der Waals surface area contributed by atoms with Gasteiger partial charge < -0.3 is 4.80 Å². The van der Waals surface area contributed by atoms with Crippen LogP contribution in [0.5, 0.6) is 0 Å². The van der Waals surface area contributed by atoms with Crippen molar-refractivity contribution in [3.63, 3.8) is 0 Å². The summed E-state index contributed by atoms with van der Waals surface area (Å²) in [6.07, 6.45) is 0. The van der Waals surface area contributed by atoms with E-state index in [2.05, 4.69) is 36.4 Å². The summed E-state index contributed by atoms with van der Waals surface area (Å²) in [4.78, 5) is 11.3. The second-order valence-electron chi connectivity index (χ2n) is 3.39. The van der Waals surface area contributed by atoms with E-state index >= 15 is 0 Å². The number of rotatable bonds is 4. The van der Waals surface area contributed by atoms with Crippen LogP contribution in [-0.4, -0.2) is 14.6 Å². The van der Waals surface area contributed by atoms with Gasteiger partial charge in [-0.25, -0.2) is 0 Å². The quantitative estimate of drug-likeness (QED) is 0.835. The Labute approximate surface area is 102 Å². The van der Waals surface area contributed by atoms with E-state index in [9.17, 15) is 0 Å². The fraction of sp³-hybridized carbons (Fsp3) is 0.0769. The SMILES string of the molecule is O[Si]Cc1ccc(Sc2ccccc2)cc1. The third kappa shape index (κ3) is 3.23. The Morgan fingerprint density at radius 3 is 2.12 bits per heavy atom. The number of benzene rings is 2. The molecule has 0 saturated heterocycles. The van der Waals surface area contributed by atoms with Crippen molar-refractivity contribution in [2.75, 3.05) is 0 Å². The lowest BCUT2D eigenvalue weighted by Crippen LogP contribution is -1.93. The largest absolute Gasteiger partial charge is 0.431 e. The summed E-state index contributed by atoms with van der Waals surface area (Å²) in [5.74, 6) is 0. The van der Waals surface area contributed by atoms with Gasteiger partial charge in [-0.1, -0.05) is 42.1 Å². The summed E-state index contributed by atoms with van der Waals surface area (Å²) in [6, 6.07) is 19.4. The van der Waals surface area contributed by atoms with Crippen molar-refractivity contribution in [3.05, 3.63) is 60.2 Å². The third-order valence-corrected chi connectivity index (χ3v) is 3.77. The molecular weight excluding hydrogens is 232 g/mol. The maximum Gasteiger partial charge on any atom is 0.229 e. The van der Waals surface area contributed by atoms with Gasteiger partial charge in [-0.2, -0.15) is 0 Å². The van der Waals surface area contributed by atoms with Crippen molar-refractivity contribution >= 4 is 21.5 Å². The second-order valence-corrected chi connectivity index (χ2v) is 5.21. The molecule has 1 N–H and O–H groups in total. The van der Waals surface area contributed by atoms with Crippen molar-refractivity contribution in [3.8, 4) is 0 Å². The lowest BCUT2D eigenvalue weighted by Gasteiger charge is -2.02. The molecule has 2 aromatic carbocycles. The monoisotopic (exact) mass is 244 g/mol. The van der Waals surface area contributed by atoms with Crippen LogP contribution in [0.15, 0.2) is 64.4 Å². The van der Waals surface area contributed by atoms with Gasteiger partial charge in [-0.05, 0) is 35.9 Å². The molecule has 2 radical (unpaired) electrons. The van der Waals surface area contributed by atoms with Gasteiger partial charge in [-0.15, -0.1) is 0 Å². The standard InChI is InChI=1S/C13H12OSSi/c14-16-10-11-6-8-13(9-7-11)15-12-4-2-1-3-5-12/h1-9,14H,10H2. The Bertz CT molecular complexity index is 427. The van der Waals surface area contributed by atoms with Gasteiger partial charge in [-0.3, -0.25) is 0 Å². The summed E-state index contributed by atoms with van der Waals surface area (Å²) < 4.78 is 0. The minimum Gasteiger partial charge on any atom is -0.431 e. The van der Waals surface area contributed by atoms with E-state index in [1.165, 1.54) is 15.4 Å². The lowest BCUT2D eigenvalue weighted by molar-refractivity contribution is 0.600. The zero-order valence-corrected chi connectivity index (χ0v) is 10.6. The first-order valence-corrected chi connectivity index (χ1v) is 7.04. The first kappa shape index (κ1) is 11.5. The van der Waals surface area contributed by atoms with Gasteiger partial charge >= 0.3 is 0 Å². The molecule has 0 fully saturated rings. The van der Waals surface area contributed by atoms with Gasteiger partial charge in [0.05, 0.1) is 0 Å². The van der Waals surface area contributed by atoms with E-state index in [0.29, 0.717) is 0 Å². The normalized spacial score (nSPS) is 10.3. The van der Waals surface area contributed by atoms with Crippen molar-refractivity contribution in [1.82, 2.24) is 0 Å². The van der Waals surface area contributed by atoms with Gasteiger partial charge in [0.15, 0.2) is 0 Å². The topological polar surface area (TPSA) is 20.2 Å². The Hall–Kier alpha value is -1.03. The van der Waals surface area contributed by atoms with E-state index in [1.807, 2.05) is 18.2 Å². The van der Waals surface area contributed by atoms with Crippen molar-refractivity contribution in [2.45, 2.75) is 15.8 Å². The highest BCUT2D eigenvalue weighted by molar-refractivity contribution is 7.99. The molecule has 0 aliphatic carbocycles. The van der Waals surface area contributed by atoms with E-state index < -0.39 is 0 Å². The number of hydrogen-bond donors (Lipinski definition) is 1. The highest BCUT2D eigenvalue weighted by Crippen LogP contribution is 2.27. The van der Waals surface area contributed by atoms with Crippen LogP contribution in [0.3, 0.4) is 0 Å². The maximum atomic E-state index is 8.85. The van der Waals surface area contributed by atoms with Crippen molar-refractivity contribution in [1.29, 1.82) is 0 Å². The zero-order chi connectivity index (χ0) is 11.2. The van der Waals surface area contributed by atoms with Crippen LogP contribution in [0.4, 0.5) is 0 Å². The Kier molecular flexibility index (Phi) is 4.22. The Balaban J connectivity index is 2.05. The van der Waals surface area contributed by atoms with Gasteiger partial charge in [0.25, 0.3) is 0 Å². The summed E-state index contributed by atoms with van der Waals surface area (Å²) in [6.45, 7) is 0. The van der Waals surface area contributed by atoms with Crippen LogP contribution >= 0.6 is 11.8 Å². The van der Waals surface area contributed by atoms with E-state index in [4.69, 9.17) is 4.80 Å². The second kappa shape index (κ2) is 5.89. The molecule has 1 nitrogen and oxygen atoms in total. The molecule has 0 saturated carbocycles. The van der Waals surface area contributed by atoms with Gasteiger partial charge in [0.2, 0.25) is 9.76 Å². The predicted molar refractivity (Wildman–Crippen MR) is 68.7 cm³/mol. The smallest absolute Gasteiger partial charge is 0.229 e. The molecule has 0 aliphatic rings. The summed E-state index contributed by atoms with van der Waals surface area (Å²) in [5.41, 5.74) is 1.19. The Morgan fingerprint density at radius 1 is 0.875 bits per heavy atom. The molecular formula is C13H12OSSi. The molecule has 80 valence electrons. The van der Waals surface area contributed by atoms with Crippen LogP contribution in [0.2, 0.25) is 0 Å². The molecule has 0 aromatic heterocycles. The fourth-order valence-corrected chi connectivity index (χ4v) is 2.65. The molecule has 0 atom stereocenters. The highest BCUT2D eigenvalue weighted by Gasteiger charge is 1.97. The average molecular weight is 244 g/mol. The van der Waals surface area contributed by atoms with Gasteiger partial charge in [0, 0.05) is 9.79 Å². The molecule has 0 spiro atoms. The summed E-state index contributed by atoms with van der Waals surface area (Å²) in [7, 11) is -0.00130. The molecule has 0 unspecified atom stereocenters. The minimum absolute atomic E-state index is 0.00130. The zero-order valence-electron chi connectivity index (χ0n) is 8.76. The van der Waals surface area contributed by atoms with Crippen LogP contribution in [0, 0.1) is 0 Å². The first-order chi connectivity index (χ1) is 7.88. The van der Waals surface area contributed by atoms with Gasteiger partial charge in [0.1, 0.15) is 0 Å². The molecule has 2 aromatic rings. The lowest BCUT2D eigenvalue weighted by atomic mass is 10.2. The number of hydrogen-bond acceptors (Lipinski definition) is 2. The minimum atomic E-state index is -0.00130. The Morgan fingerprint density at radius 2 is 1.50 bits per heavy atom. The van der Waals surface area contributed by atoms with E-state index in [-0.39, 0.29) is 9.76 Å². The van der Waals surface area contributed by atoms with Crippen LogP contribution in [-0.2, 0) is 6.04 Å². The van der Waals surface area contributed by atoms with Crippen LogP contribution < -0.4 is 0 Å². The molecule has 0 amide bonds. The third-order valence-electron chi connectivity index (χ3n) is 2.19.